The Morgan fingerprint density at radius 3 is 2.67 bits per heavy atom. The number of carbonyl (C=O) groups excluding carboxylic acids is 1. The van der Waals surface area contributed by atoms with Gasteiger partial charge >= 0.3 is 0 Å². The van der Waals surface area contributed by atoms with E-state index in [0.717, 1.165) is 12.8 Å². The van der Waals surface area contributed by atoms with E-state index in [1.807, 2.05) is 13.2 Å². The quantitative estimate of drug-likeness (QED) is 0.674. The number of rotatable bonds is 3. The third kappa shape index (κ3) is 2.14. The molecule has 1 rings (SSSR count). The lowest BCUT2D eigenvalue weighted by Crippen LogP contribution is -2.51. The van der Waals surface area contributed by atoms with Gasteiger partial charge in [-0.15, -0.1) is 0 Å². The van der Waals surface area contributed by atoms with Gasteiger partial charge in [0.25, 0.3) is 0 Å². The SMILES string of the molecule is CSC(C)C(=O)N[C@@H]1CC[C@H]1O. The van der Waals surface area contributed by atoms with Gasteiger partial charge < -0.3 is 10.4 Å². The zero-order valence-corrected chi connectivity index (χ0v) is 8.23. The Bertz CT molecular complexity index is 174. The summed E-state index contributed by atoms with van der Waals surface area (Å²) >= 11 is 1.52. The van der Waals surface area contributed by atoms with Crippen LogP contribution >= 0.6 is 11.8 Å². The lowest BCUT2D eigenvalue weighted by atomic mass is 9.89. The molecule has 12 heavy (non-hydrogen) atoms. The maximum atomic E-state index is 11.3. The summed E-state index contributed by atoms with van der Waals surface area (Å²) in [7, 11) is 0. The maximum Gasteiger partial charge on any atom is 0.233 e. The molecule has 3 nitrogen and oxygen atoms in total. The smallest absolute Gasteiger partial charge is 0.233 e. The standard InChI is InChI=1S/C8H15NO2S/c1-5(12-2)8(11)9-6-3-4-7(6)10/h5-7,10H,3-4H2,1-2H3,(H,9,11)/t5?,6-,7-/m1/s1. The van der Waals surface area contributed by atoms with Gasteiger partial charge in [0.2, 0.25) is 5.91 Å². The van der Waals surface area contributed by atoms with E-state index in [-0.39, 0.29) is 23.3 Å². The van der Waals surface area contributed by atoms with Crippen LogP contribution in [-0.4, -0.2) is 34.7 Å². The Balaban J connectivity index is 2.26. The normalized spacial score (nSPS) is 30.6. The fraction of sp³-hybridized carbons (Fsp3) is 0.875. The van der Waals surface area contributed by atoms with Crippen molar-refractivity contribution in [2.24, 2.45) is 0 Å². The molecular formula is C8H15NO2S. The zero-order chi connectivity index (χ0) is 9.14. The highest BCUT2D eigenvalue weighted by atomic mass is 32.2. The fourth-order valence-electron chi connectivity index (χ4n) is 1.06. The number of hydrogen-bond donors (Lipinski definition) is 2. The molecule has 1 amide bonds. The molecule has 1 aliphatic rings. The molecule has 1 aliphatic carbocycles. The van der Waals surface area contributed by atoms with Crippen molar-refractivity contribution in [2.45, 2.75) is 37.2 Å². The van der Waals surface area contributed by atoms with Crippen LogP contribution in [0.5, 0.6) is 0 Å². The number of thioether (sulfide) groups is 1. The van der Waals surface area contributed by atoms with Crippen molar-refractivity contribution < 1.29 is 9.90 Å². The van der Waals surface area contributed by atoms with Crippen LogP contribution in [0, 0.1) is 0 Å². The van der Waals surface area contributed by atoms with Crippen molar-refractivity contribution in [1.82, 2.24) is 5.32 Å². The molecule has 0 aromatic rings. The highest BCUT2D eigenvalue weighted by Crippen LogP contribution is 2.20. The van der Waals surface area contributed by atoms with Crippen molar-refractivity contribution in [3.63, 3.8) is 0 Å². The summed E-state index contributed by atoms with van der Waals surface area (Å²) in [5, 5.41) is 12.0. The fourth-order valence-corrected chi connectivity index (χ4v) is 1.34. The second kappa shape index (κ2) is 4.14. The molecule has 3 atom stereocenters. The number of aliphatic hydroxyl groups excluding tert-OH is 1. The van der Waals surface area contributed by atoms with Crippen molar-refractivity contribution in [1.29, 1.82) is 0 Å². The summed E-state index contributed by atoms with van der Waals surface area (Å²) < 4.78 is 0. The predicted octanol–water partition coefficient (Wildman–Crippen LogP) is 0.377. The molecule has 0 aromatic carbocycles. The summed E-state index contributed by atoms with van der Waals surface area (Å²) in [6.45, 7) is 1.87. The topological polar surface area (TPSA) is 49.3 Å². The first-order valence-electron chi connectivity index (χ1n) is 4.16. The van der Waals surface area contributed by atoms with Crippen LogP contribution in [0.1, 0.15) is 19.8 Å². The van der Waals surface area contributed by atoms with E-state index >= 15 is 0 Å². The summed E-state index contributed by atoms with van der Waals surface area (Å²) in [6, 6.07) is 0.00657. The molecule has 1 unspecified atom stereocenters. The summed E-state index contributed by atoms with van der Waals surface area (Å²) in [5.41, 5.74) is 0. The van der Waals surface area contributed by atoms with E-state index in [9.17, 15) is 9.90 Å². The van der Waals surface area contributed by atoms with Gasteiger partial charge in [0.15, 0.2) is 0 Å². The number of aliphatic hydroxyl groups is 1. The first-order chi connectivity index (χ1) is 5.65. The Labute approximate surface area is 76.9 Å². The molecule has 0 aromatic heterocycles. The first-order valence-corrected chi connectivity index (χ1v) is 5.45. The number of nitrogens with one attached hydrogen (secondary N) is 1. The summed E-state index contributed by atoms with van der Waals surface area (Å²) in [6.07, 6.45) is 3.32. The van der Waals surface area contributed by atoms with Gasteiger partial charge in [0, 0.05) is 0 Å². The third-order valence-corrected chi connectivity index (χ3v) is 3.21. The Morgan fingerprint density at radius 2 is 2.33 bits per heavy atom. The monoisotopic (exact) mass is 189 g/mol. The molecule has 0 spiro atoms. The average Bonchev–Trinajstić information content (AvgIpc) is 2.09. The molecule has 1 fully saturated rings. The van der Waals surface area contributed by atoms with E-state index in [4.69, 9.17) is 0 Å². The number of amides is 1. The summed E-state index contributed by atoms with van der Waals surface area (Å²) in [5.74, 6) is 0.0336. The zero-order valence-electron chi connectivity index (χ0n) is 7.41. The molecule has 1 saturated carbocycles. The molecule has 0 heterocycles. The Morgan fingerprint density at radius 1 is 1.67 bits per heavy atom. The second-order valence-corrected chi connectivity index (χ2v) is 4.32. The van der Waals surface area contributed by atoms with Crippen molar-refractivity contribution in [2.75, 3.05) is 6.26 Å². The van der Waals surface area contributed by atoms with Crippen LogP contribution < -0.4 is 5.32 Å². The molecule has 2 N–H and O–H groups in total. The van der Waals surface area contributed by atoms with Gasteiger partial charge in [-0.05, 0) is 26.0 Å². The minimum Gasteiger partial charge on any atom is -0.391 e. The Kier molecular flexibility index (Phi) is 3.40. The van der Waals surface area contributed by atoms with Crippen molar-refractivity contribution in [3.8, 4) is 0 Å². The molecule has 70 valence electrons. The largest absolute Gasteiger partial charge is 0.391 e. The van der Waals surface area contributed by atoms with E-state index < -0.39 is 0 Å². The van der Waals surface area contributed by atoms with Gasteiger partial charge in [-0.1, -0.05) is 0 Å². The number of carbonyl (C=O) groups is 1. The van der Waals surface area contributed by atoms with E-state index in [1.165, 1.54) is 11.8 Å². The Hall–Kier alpha value is -0.220. The van der Waals surface area contributed by atoms with E-state index in [1.54, 1.807) is 0 Å². The predicted molar refractivity (Wildman–Crippen MR) is 50.1 cm³/mol. The van der Waals surface area contributed by atoms with E-state index in [0.29, 0.717) is 0 Å². The first kappa shape index (κ1) is 9.86. The van der Waals surface area contributed by atoms with Crippen LogP contribution in [0.2, 0.25) is 0 Å². The maximum absolute atomic E-state index is 11.3. The minimum absolute atomic E-state index is 0.00657. The van der Waals surface area contributed by atoms with Crippen LogP contribution in [0.3, 0.4) is 0 Å². The molecular weight excluding hydrogens is 174 g/mol. The lowest BCUT2D eigenvalue weighted by Gasteiger charge is -2.33. The van der Waals surface area contributed by atoms with Crippen LogP contribution in [0.25, 0.3) is 0 Å². The summed E-state index contributed by atoms with van der Waals surface area (Å²) in [4.78, 5) is 11.3. The highest BCUT2D eigenvalue weighted by molar-refractivity contribution is 7.99. The minimum atomic E-state index is -0.317. The van der Waals surface area contributed by atoms with Gasteiger partial charge in [0.1, 0.15) is 0 Å². The second-order valence-electron chi connectivity index (χ2n) is 3.14. The highest BCUT2D eigenvalue weighted by Gasteiger charge is 2.30. The van der Waals surface area contributed by atoms with Gasteiger partial charge in [-0.25, -0.2) is 0 Å². The van der Waals surface area contributed by atoms with Crippen molar-refractivity contribution >= 4 is 17.7 Å². The molecule has 0 radical (unpaired) electrons. The molecule has 0 bridgehead atoms. The average molecular weight is 189 g/mol. The van der Waals surface area contributed by atoms with E-state index in [2.05, 4.69) is 5.32 Å². The van der Waals surface area contributed by atoms with Crippen LogP contribution in [0.4, 0.5) is 0 Å². The van der Waals surface area contributed by atoms with Gasteiger partial charge in [-0.2, -0.15) is 11.8 Å². The molecule has 0 aliphatic heterocycles. The van der Waals surface area contributed by atoms with Crippen LogP contribution in [0.15, 0.2) is 0 Å². The number of hydrogen-bond acceptors (Lipinski definition) is 3. The van der Waals surface area contributed by atoms with Crippen molar-refractivity contribution in [3.05, 3.63) is 0 Å². The third-order valence-electron chi connectivity index (χ3n) is 2.29. The lowest BCUT2D eigenvalue weighted by molar-refractivity contribution is -0.123. The van der Waals surface area contributed by atoms with Crippen LogP contribution in [-0.2, 0) is 4.79 Å². The van der Waals surface area contributed by atoms with Gasteiger partial charge in [0.05, 0.1) is 17.4 Å². The molecule has 4 heteroatoms. The van der Waals surface area contributed by atoms with Gasteiger partial charge in [-0.3, -0.25) is 4.79 Å². The molecule has 0 saturated heterocycles.